The fourth-order valence-electron chi connectivity index (χ4n) is 2.73. The van der Waals surface area contributed by atoms with Crippen molar-refractivity contribution in [3.8, 4) is 0 Å². The summed E-state index contributed by atoms with van der Waals surface area (Å²) in [5, 5.41) is 4.53. The van der Waals surface area contributed by atoms with Crippen molar-refractivity contribution in [1.29, 1.82) is 0 Å². The van der Waals surface area contributed by atoms with Gasteiger partial charge in [0.15, 0.2) is 0 Å². The molecule has 1 fully saturated rings. The van der Waals surface area contributed by atoms with Gasteiger partial charge < -0.3 is 9.73 Å². The fraction of sp³-hybridized carbons (Fsp3) is 0.467. The average Bonchev–Trinajstić information content (AvgIpc) is 2.76. The van der Waals surface area contributed by atoms with E-state index in [0.717, 1.165) is 31.0 Å². The Morgan fingerprint density at radius 3 is 2.78 bits per heavy atom. The molecule has 0 bridgehead atoms. The third-order valence-corrected chi connectivity index (χ3v) is 3.95. The Kier molecular flexibility index (Phi) is 3.10. The molecular formula is C15H20N2O. The molecule has 1 aromatic carbocycles. The number of fused-ring (bicyclic) bond motifs is 1. The highest BCUT2D eigenvalue weighted by Crippen LogP contribution is 2.29. The minimum atomic E-state index is 0.342. The predicted molar refractivity (Wildman–Crippen MR) is 73.7 cm³/mol. The summed E-state index contributed by atoms with van der Waals surface area (Å²) in [5.41, 5.74) is 0.988. The van der Waals surface area contributed by atoms with Crippen molar-refractivity contribution in [2.24, 2.45) is 0 Å². The minimum Gasteiger partial charge on any atom is -0.459 e. The van der Waals surface area contributed by atoms with Crippen molar-refractivity contribution in [1.82, 2.24) is 10.2 Å². The van der Waals surface area contributed by atoms with E-state index >= 15 is 0 Å². The first-order chi connectivity index (χ1) is 8.79. The maximum atomic E-state index is 5.97. The molecule has 0 radical (unpaired) electrons. The molecule has 3 rings (SSSR count). The van der Waals surface area contributed by atoms with Crippen LogP contribution >= 0.6 is 0 Å². The summed E-state index contributed by atoms with van der Waals surface area (Å²) in [6.07, 6.45) is 0. The summed E-state index contributed by atoms with van der Waals surface area (Å²) in [5.74, 6) is 1.07. The predicted octanol–water partition coefficient (Wildman–Crippen LogP) is 2.79. The van der Waals surface area contributed by atoms with Crippen molar-refractivity contribution in [3.63, 3.8) is 0 Å². The normalized spacial score (nSPS) is 18.2. The Hall–Kier alpha value is -1.32. The van der Waals surface area contributed by atoms with Crippen molar-refractivity contribution >= 4 is 11.0 Å². The van der Waals surface area contributed by atoms with Crippen molar-refractivity contribution in [2.45, 2.75) is 25.9 Å². The van der Waals surface area contributed by atoms with Crippen LogP contribution in [0.5, 0.6) is 0 Å². The molecule has 1 aliphatic heterocycles. The largest absolute Gasteiger partial charge is 0.459 e. The number of furan rings is 1. The zero-order chi connectivity index (χ0) is 12.5. The van der Waals surface area contributed by atoms with E-state index in [2.05, 4.69) is 42.3 Å². The summed E-state index contributed by atoms with van der Waals surface area (Å²) in [4.78, 5) is 2.51. The van der Waals surface area contributed by atoms with Crippen molar-refractivity contribution in [3.05, 3.63) is 36.1 Å². The highest BCUT2D eigenvalue weighted by molar-refractivity contribution is 5.77. The molecule has 0 spiro atoms. The molecule has 1 saturated heterocycles. The van der Waals surface area contributed by atoms with Crippen LogP contribution in [-0.4, -0.2) is 30.6 Å². The number of hydrogen-bond donors (Lipinski definition) is 1. The van der Waals surface area contributed by atoms with Gasteiger partial charge in [-0.1, -0.05) is 25.1 Å². The molecule has 2 aromatic rings. The van der Waals surface area contributed by atoms with Crippen LogP contribution in [0.2, 0.25) is 0 Å². The Balaban J connectivity index is 1.87. The zero-order valence-corrected chi connectivity index (χ0v) is 11.0. The molecule has 2 heterocycles. The second-order valence-corrected chi connectivity index (χ2v) is 5.01. The lowest BCUT2D eigenvalue weighted by Gasteiger charge is -2.40. The smallest absolute Gasteiger partial charge is 0.134 e. The lowest BCUT2D eigenvalue weighted by atomic mass is 10.1. The first-order valence-corrected chi connectivity index (χ1v) is 6.74. The van der Waals surface area contributed by atoms with E-state index in [1.165, 1.54) is 5.39 Å². The van der Waals surface area contributed by atoms with Crippen LogP contribution in [0.25, 0.3) is 11.0 Å². The van der Waals surface area contributed by atoms with Gasteiger partial charge in [0.2, 0.25) is 0 Å². The van der Waals surface area contributed by atoms with Gasteiger partial charge in [-0.2, -0.15) is 0 Å². The second-order valence-electron chi connectivity index (χ2n) is 5.01. The van der Waals surface area contributed by atoms with Crippen LogP contribution in [0, 0.1) is 0 Å². The van der Waals surface area contributed by atoms with Gasteiger partial charge in [0.1, 0.15) is 11.3 Å². The minimum absolute atomic E-state index is 0.342. The first-order valence-electron chi connectivity index (χ1n) is 6.74. The number of hydrogen-bond acceptors (Lipinski definition) is 3. The van der Waals surface area contributed by atoms with E-state index in [0.29, 0.717) is 12.1 Å². The molecule has 3 heteroatoms. The SMILES string of the molecule is CCN(C1CNC1)C(C)c1cc2ccccc2o1. The van der Waals surface area contributed by atoms with Crippen molar-refractivity contribution in [2.75, 3.05) is 19.6 Å². The van der Waals surface area contributed by atoms with Gasteiger partial charge in [0.25, 0.3) is 0 Å². The molecule has 0 saturated carbocycles. The summed E-state index contributed by atoms with van der Waals surface area (Å²) >= 11 is 0. The van der Waals surface area contributed by atoms with Crippen LogP contribution in [-0.2, 0) is 0 Å². The number of para-hydroxylation sites is 1. The Labute approximate surface area is 108 Å². The second kappa shape index (κ2) is 4.75. The molecule has 96 valence electrons. The molecule has 1 aliphatic rings. The van der Waals surface area contributed by atoms with Gasteiger partial charge in [0, 0.05) is 24.5 Å². The lowest BCUT2D eigenvalue weighted by molar-refractivity contribution is 0.0988. The topological polar surface area (TPSA) is 28.4 Å². The van der Waals surface area contributed by atoms with Crippen LogP contribution in [0.15, 0.2) is 34.7 Å². The Morgan fingerprint density at radius 1 is 1.39 bits per heavy atom. The highest BCUT2D eigenvalue weighted by atomic mass is 16.3. The molecule has 18 heavy (non-hydrogen) atoms. The van der Waals surface area contributed by atoms with Gasteiger partial charge in [-0.3, -0.25) is 4.90 Å². The maximum absolute atomic E-state index is 5.97. The summed E-state index contributed by atoms with van der Waals surface area (Å²) in [6.45, 7) is 7.71. The number of likely N-dealkylation sites (N-methyl/N-ethyl adjacent to an activating group) is 1. The average molecular weight is 244 g/mol. The maximum Gasteiger partial charge on any atom is 0.134 e. The van der Waals surface area contributed by atoms with Crippen LogP contribution in [0.4, 0.5) is 0 Å². The quantitative estimate of drug-likeness (QED) is 0.896. The first kappa shape index (κ1) is 11.8. The molecule has 0 amide bonds. The Bertz CT molecular complexity index is 497. The Morgan fingerprint density at radius 2 is 2.17 bits per heavy atom. The van der Waals surface area contributed by atoms with Gasteiger partial charge >= 0.3 is 0 Å². The van der Waals surface area contributed by atoms with E-state index < -0.39 is 0 Å². The molecular weight excluding hydrogens is 224 g/mol. The van der Waals surface area contributed by atoms with Crippen LogP contribution in [0.1, 0.15) is 25.6 Å². The van der Waals surface area contributed by atoms with Crippen LogP contribution < -0.4 is 5.32 Å². The van der Waals surface area contributed by atoms with Gasteiger partial charge in [-0.25, -0.2) is 0 Å². The molecule has 1 N–H and O–H groups in total. The van der Waals surface area contributed by atoms with E-state index in [1.807, 2.05) is 12.1 Å². The zero-order valence-electron chi connectivity index (χ0n) is 11.0. The number of nitrogens with zero attached hydrogens (tertiary/aromatic N) is 1. The summed E-state index contributed by atoms with van der Waals surface area (Å²) in [6, 6.07) is 11.4. The monoisotopic (exact) mass is 244 g/mol. The summed E-state index contributed by atoms with van der Waals surface area (Å²) < 4.78 is 5.97. The molecule has 1 unspecified atom stereocenters. The van der Waals surface area contributed by atoms with E-state index in [-0.39, 0.29) is 0 Å². The molecule has 0 aliphatic carbocycles. The standard InChI is InChI=1S/C15H20N2O/c1-3-17(13-9-16-10-13)11(2)15-8-12-6-4-5-7-14(12)18-15/h4-8,11,13,16H,3,9-10H2,1-2H3. The van der Waals surface area contributed by atoms with Crippen LogP contribution in [0.3, 0.4) is 0 Å². The number of nitrogens with one attached hydrogen (secondary N) is 1. The van der Waals surface area contributed by atoms with Gasteiger partial charge in [0.05, 0.1) is 6.04 Å². The highest BCUT2D eigenvalue weighted by Gasteiger charge is 2.29. The van der Waals surface area contributed by atoms with E-state index in [4.69, 9.17) is 4.42 Å². The van der Waals surface area contributed by atoms with Gasteiger partial charge in [-0.15, -0.1) is 0 Å². The molecule has 3 nitrogen and oxygen atoms in total. The lowest BCUT2D eigenvalue weighted by Crippen LogP contribution is -2.57. The summed E-state index contributed by atoms with van der Waals surface area (Å²) in [7, 11) is 0. The molecule has 1 aromatic heterocycles. The van der Waals surface area contributed by atoms with E-state index in [9.17, 15) is 0 Å². The number of rotatable bonds is 4. The van der Waals surface area contributed by atoms with E-state index in [1.54, 1.807) is 0 Å². The fourth-order valence-corrected chi connectivity index (χ4v) is 2.73. The van der Waals surface area contributed by atoms with Gasteiger partial charge in [-0.05, 0) is 25.6 Å². The third-order valence-electron chi connectivity index (χ3n) is 3.95. The number of benzene rings is 1. The van der Waals surface area contributed by atoms with Crippen molar-refractivity contribution < 1.29 is 4.42 Å². The molecule has 1 atom stereocenters. The third kappa shape index (κ3) is 1.93.